The van der Waals surface area contributed by atoms with Crippen molar-refractivity contribution < 1.29 is 0 Å². The highest BCUT2D eigenvalue weighted by atomic mass is 127. The SMILES string of the molecule is CC12CSC(/C=C/I)C1(C1CC1)NCN2. The molecule has 0 amide bonds. The molecule has 3 aliphatic rings. The zero-order valence-corrected chi connectivity index (χ0v) is 11.9. The summed E-state index contributed by atoms with van der Waals surface area (Å²) in [6, 6.07) is 0. The van der Waals surface area contributed by atoms with Crippen LogP contribution in [0.1, 0.15) is 19.8 Å². The molecule has 3 unspecified atom stereocenters. The normalized spacial score (nSPS) is 50.1. The third-order valence-electron chi connectivity index (χ3n) is 4.24. The molecule has 2 nitrogen and oxygen atoms in total. The number of fused-ring (bicyclic) bond motifs is 1. The van der Waals surface area contributed by atoms with E-state index in [2.05, 4.69) is 62.1 Å². The lowest BCUT2D eigenvalue weighted by Crippen LogP contribution is -2.61. The molecule has 3 atom stereocenters. The molecule has 1 saturated carbocycles. The number of nitrogens with one attached hydrogen (secondary N) is 2. The van der Waals surface area contributed by atoms with Gasteiger partial charge in [-0.3, -0.25) is 10.6 Å². The van der Waals surface area contributed by atoms with Gasteiger partial charge in [0.25, 0.3) is 0 Å². The lowest BCUT2D eigenvalue weighted by atomic mass is 9.74. The van der Waals surface area contributed by atoms with E-state index in [1.165, 1.54) is 18.6 Å². The van der Waals surface area contributed by atoms with Crippen molar-refractivity contribution in [1.29, 1.82) is 0 Å². The van der Waals surface area contributed by atoms with Gasteiger partial charge < -0.3 is 0 Å². The number of hydrogen-bond acceptors (Lipinski definition) is 3. The van der Waals surface area contributed by atoms with Crippen LogP contribution in [-0.4, -0.2) is 28.7 Å². The van der Waals surface area contributed by atoms with Crippen molar-refractivity contribution in [1.82, 2.24) is 10.6 Å². The van der Waals surface area contributed by atoms with Gasteiger partial charge in [-0.05, 0) is 29.8 Å². The molecule has 0 bridgehead atoms. The minimum atomic E-state index is 0.305. The average Bonchev–Trinajstić information content (AvgIpc) is 2.94. The summed E-state index contributed by atoms with van der Waals surface area (Å²) in [6.07, 6.45) is 5.21. The number of thioether (sulfide) groups is 1. The van der Waals surface area contributed by atoms with Gasteiger partial charge in [0.05, 0.1) is 5.54 Å². The van der Waals surface area contributed by atoms with Gasteiger partial charge in [-0.15, -0.1) is 0 Å². The molecule has 3 rings (SSSR count). The highest BCUT2D eigenvalue weighted by Crippen LogP contribution is 2.56. The van der Waals surface area contributed by atoms with Crippen molar-refractivity contribution >= 4 is 34.4 Å². The standard InChI is InChI=1S/C11H17IN2S/c1-10-6-15-9(4-5-12)11(10,8-2-3-8)14-7-13-10/h4-5,8-9,13-14H,2-3,6-7H2,1H3/b5-4+. The average molecular weight is 336 g/mol. The summed E-state index contributed by atoms with van der Waals surface area (Å²) in [5.41, 5.74) is 0.638. The second-order valence-corrected chi connectivity index (χ2v) is 6.90. The summed E-state index contributed by atoms with van der Waals surface area (Å²) >= 11 is 4.45. The van der Waals surface area contributed by atoms with Gasteiger partial charge in [-0.2, -0.15) is 11.8 Å². The van der Waals surface area contributed by atoms with E-state index in [1.807, 2.05) is 0 Å². The van der Waals surface area contributed by atoms with E-state index in [0.717, 1.165) is 12.6 Å². The Bertz CT molecular complexity index is 305. The molecular weight excluding hydrogens is 319 g/mol. The zero-order valence-electron chi connectivity index (χ0n) is 8.92. The first kappa shape index (κ1) is 10.9. The van der Waals surface area contributed by atoms with Crippen LogP contribution in [0.5, 0.6) is 0 Å². The first-order valence-corrected chi connectivity index (χ1v) is 7.91. The van der Waals surface area contributed by atoms with Crippen LogP contribution in [-0.2, 0) is 0 Å². The highest BCUT2D eigenvalue weighted by molar-refractivity contribution is 14.1. The predicted octanol–water partition coefficient (Wildman–Crippen LogP) is 2.11. The molecule has 2 saturated heterocycles. The maximum atomic E-state index is 3.78. The zero-order chi connectivity index (χ0) is 10.5. The van der Waals surface area contributed by atoms with Crippen LogP contribution in [0, 0.1) is 5.92 Å². The number of halogens is 1. The lowest BCUT2D eigenvalue weighted by molar-refractivity contribution is 0.239. The molecule has 1 aliphatic carbocycles. The van der Waals surface area contributed by atoms with Crippen LogP contribution < -0.4 is 10.6 Å². The minimum absolute atomic E-state index is 0.305. The maximum Gasteiger partial charge on any atom is 0.0563 e. The molecule has 0 radical (unpaired) electrons. The van der Waals surface area contributed by atoms with Crippen molar-refractivity contribution in [3.8, 4) is 0 Å². The third-order valence-corrected chi connectivity index (χ3v) is 6.29. The molecule has 0 aromatic heterocycles. The fourth-order valence-corrected chi connectivity index (χ4v) is 5.88. The van der Waals surface area contributed by atoms with E-state index in [4.69, 9.17) is 0 Å². The Hall–Kier alpha value is 0.740. The Morgan fingerprint density at radius 3 is 2.87 bits per heavy atom. The third kappa shape index (κ3) is 1.37. The van der Waals surface area contributed by atoms with Gasteiger partial charge >= 0.3 is 0 Å². The van der Waals surface area contributed by atoms with E-state index >= 15 is 0 Å². The van der Waals surface area contributed by atoms with E-state index in [9.17, 15) is 0 Å². The summed E-state index contributed by atoms with van der Waals surface area (Å²) in [5.74, 6) is 2.13. The van der Waals surface area contributed by atoms with Gasteiger partial charge in [0.1, 0.15) is 0 Å². The van der Waals surface area contributed by atoms with Crippen LogP contribution in [0.4, 0.5) is 0 Å². The molecule has 3 fully saturated rings. The second kappa shape index (κ2) is 3.62. The monoisotopic (exact) mass is 336 g/mol. The Morgan fingerprint density at radius 1 is 1.40 bits per heavy atom. The van der Waals surface area contributed by atoms with Crippen LogP contribution in [0.2, 0.25) is 0 Å². The first-order valence-electron chi connectivity index (χ1n) is 5.61. The minimum Gasteiger partial charge on any atom is -0.296 e. The van der Waals surface area contributed by atoms with Gasteiger partial charge in [0.15, 0.2) is 0 Å². The molecular formula is C11H17IN2S. The summed E-state index contributed by atoms with van der Waals surface area (Å²) in [5, 5.41) is 8.11. The fraction of sp³-hybridized carbons (Fsp3) is 0.818. The smallest absolute Gasteiger partial charge is 0.0563 e. The molecule has 2 aliphatic heterocycles. The molecule has 84 valence electrons. The molecule has 2 N–H and O–H groups in total. The topological polar surface area (TPSA) is 24.1 Å². The first-order chi connectivity index (χ1) is 7.23. The van der Waals surface area contributed by atoms with Crippen LogP contribution >= 0.6 is 34.4 Å². The van der Waals surface area contributed by atoms with Crippen LogP contribution in [0.3, 0.4) is 0 Å². The largest absolute Gasteiger partial charge is 0.296 e. The Kier molecular flexibility index (Phi) is 2.62. The van der Waals surface area contributed by atoms with E-state index in [-0.39, 0.29) is 0 Å². The van der Waals surface area contributed by atoms with E-state index < -0.39 is 0 Å². The van der Waals surface area contributed by atoms with Gasteiger partial charge in [-0.1, -0.05) is 28.7 Å². The maximum absolute atomic E-state index is 3.78. The van der Waals surface area contributed by atoms with Crippen molar-refractivity contribution in [2.24, 2.45) is 5.92 Å². The quantitative estimate of drug-likeness (QED) is 0.756. The summed E-state index contributed by atoms with van der Waals surface area (Å²) < 4.78 is 2.19. The molecule has 2 heterocycles. The molecule has 0 aromatic rings. The number of hydrogen-bond donors (Lipinski definition) is 2. The molecule has 0 aromatic carbocycles. The summed E-state index contributed by atoms with van der Waals surface area (Å²) in [6.45, 7) is 3.39. The summed E-state index contributed by atoms with van der Waals surface area (Å²) in [4.78, 5) is 0. The van der Waals surface area contributed by atoms with Gasteiger partial charge in [0.2, 0.25) is 0 Å². The van der Waals surface area contributed by atoms with Crippen molar-refractivity contribution in [3.05, 3.63) is 10.2 Å². The van der Waals surface area contributed by atoms with Crippen molar-refractivity contribution in [2.75, 3.05) is 12.4 Å². The Labute approximate surface area is 109 Å². The Morgan fingerprint density at radius 2 is 2.20 bits per heavy atom. The lowest BCUT2D eigenvalue weighted by Gasteiger charge is -2.40. The molecule has 0 spiro atoms. The van der Waals surface area contributed by atoms with Crippen molar-refractivity contribution in [2.45, 2.75) is 36.1 Å². The summed E-state index contributed by atoms with van der Waals surface area (Å²) in [7, 11) is 0. The van der Waals surface area contributed by atoms with E-state index in [0.29, 0.717) is 16.3 Å². The van der Waals surface area contributed by atoms with Crippen LogP contribution in [0.15, 0.2) is 10.2 Å². The number of rotatable bonds is 2. The van der Waals surface area contributed by atoms with Crippen molar-refractivity contribution in [3.63, 3.8) is 0 Å². The van der Waals surface area contributed by atoms with Crippen LogP contribution in [0.25, 0.3) is 0 Å². The molecule has 15 heavy (non-hydrogen) atoms. The highest BCUT2D eigenvalue weighted by Gasteiger charge is 2.65. The van der Waals surface area contributed by atoms with Gasteiger partial charge in [0, 0.05) is 23.2 Å². The molecule has 4 heteroatoms. The van der Waals surface area contributed by atoms with E-state index in [1.54, 1.807) is 0 Å². The Balaban J connectivity index is 1.99. The van der Waals surface area contributed by atoms with Gasteiger partial charge in [-0.25, -0.2) is 0 Å². The fourth-order valence-electron chi connectivity index (χ4n) is 3.34. The predicted molar refractivity (Wildman–Crippen MR) is 74.4 cm³/mol. The second-order valence-electron chi connectivity index (χ2n) is 5.06.